The van der Waals surface area contributed by atoms with Crippen molar-refractivity contribution in [2.24, 2.45) is 17.6 Å². The van der Waals surface area contributed by atoms with Crippen LogP contribution in [0.15, 0.2) is 0 Å². The van der Waals surface area contributed by atoms with Gasteiger partial charge in [-0.3, -0.25) is 4.90 Å². The van der Waals surface area contributed by atoms with E-state index in [9.17, 15) is 0 Å². The molecule has 106 valence electrons. The molecule has 1 saturated carbocycles. The van der Waals surface area contributed by atoms with Crippen molar-refractivity contribution < 1.29 is 0 Å². The van der Waals surface area contributed by atoms with Gasteiger partial charge in [0.2, 0.25) is 0 Å². The number of rotatable bonds is 3. The van der Waals surface area contributed by atoms with Crippen LogP contribution in [0.3, 0.4) is 0 Å². The minimum absolute atomic E-state index is 0.437. The maximum atomic E-state index is 6.41. The Bertz CT molecular complexity index is 241. The monoisotopic (exact) mass is 252 g/mol. The van der Waals surface area contributed by atoms with E-state index in [1.54, 1.807) is 0 Å². The fourth-order valence-electron chi connectivity index (χ4n) is 3.96. The molecule has 4 atom stereocenters. The average Bonchev–Trinajstić information content (AvgIpc) is 2.57. The highest BCUT2D eigenvalue weighted by atomic mass is 15.2. The number of likely N-dealkylation sites (tertiary alicyclic amines) is 1. The lowest BCUT2D eigenvalue weighted by molar-refractivity contribution is 0.111. The summed E-state index contributed by atoms with van der Waals surface area (Å²) in [5.41, 5.74) is 6.41. The number of hydrogen-bond donors (Lipinski definition) is 1. The molecule has 0 aromatic carbocycles. The molecule has 0 aromatic heterocycles. The second kappa shape index (κ2) is 6.91. The van der Waals surface area contributed by atoms with Crippen molar-refractivity contribution in [1.82, 2.24) is 4.90 Å². The van der Waals surface area contributed by atoms with E-state index in [1.165, 1.54) is 64.5 Å². The molecule has 2 rings (SSSR count). The van der Waals surface area contributed by atoms with Crippen LogP contribution in [0.5, 0.6) is 0 Å². The molecule has 1 aliphatic heterocycles. The molecule has 4 unspecified atom stereocenters. The van der Waals surface area contributed by atoms with Crippen LogP contribution in [0.4, 0.5) is 0 Å². The molecule has 0 radical (unpaired) electrons. The Kier molecular flexibility index (Phi) is 5.50. The van der Waals surface area contributed by atoms with Gasteiger partial charge in [-0.1, -0.05) is 26.7 Å². The average molecular weight is 252 g/mol. The second-order valence-corrected chi connectivity index (χ2v) is 6.77. The molecule has 18 heavy (non-hydrogen) atoms. The highest BCUT2D eigenvalue weighted by Crippen LogP contribution is 2.31. The molecule has 2 N–H and O–H groups in total. The van der Waals surface area contributed by atoms with Gasteiger partial charge < -0.3 is 5.73 Å². The lowest BCUT2D eigenvalue weighted by Crippen LogP contribution is -2.51. The van der Waals surface area contributed by atoms with E-state index in [2.05, 4.69) is 18.7 Å². The molecule has 2 nitrogen and oxygen atoms in total. The fourth-order valence-corrected chi connectivity index (χ4v) is 3.96. The molecule has 1 saturated heterocycles. The first-order valence-electron chi connectivity index (χ1n) is 8.20. The van der Waals surface area contributed by atoms with Gasteiger partial charge in [0.1, 0.15) is 0 Å². The first kappa shape index (κ1) is 14.3. The zero-order valence-corrected chi connectivity index (χ0v) is 12.4. The van der Waals surface area contributed by atoms with Gasteiger partial charge in [-0.05, 0) is 63.5 Å². The SMILES string of the molecule is CCCC1CCC(N)C(N2CCCC(C)CC2)C1. The Balaban J connectivity index is 1.91. The molecular formula is C16H32N2. The van der Waals surface area contributed by atoms with E-state index < -0.39 is 0 Å². The van der Waals surface area contributed by atoms with Crippen LogP contribution in [0.2, 0.25) is 0 Å². The second-order valence-electron chi connectivity index (χ2n) is 6.77. The normalized spacial score (nSPS) is 39.5. The summed E-state index contributed by atoms with van der Waals surface area (Å²) in [4.78, 5) is 2.73. The summed E-state index contributed by atoms with van der Waals surface area (Å²) in [6, 6.07) is 1.12. The van der Waals surface area contributed by atoms with Gasteiger partial charge >= 0.3 is 0 Å². The van der Waals surface area contributed by atoms with Gasteiger partial charge in [0.25, 0.3) is 0 Å². The van der Waals surface area contributed by atoms with Crippen LogP contribution in [0, 0.1) is 11.8 Å². The molecule has 1 heterocycles. The van der Waals surface area contributed by atoms with Crippen LogP contribution >= 0.6 is 0 Å². The topological polar surface area (TPSA) is 29.3 Å². The van der Waals surface area contributed by atoms with Crippen molar-refractivity contribution in [3.63, 3.8) is 0 Å². The fraction of sp³-hybridized carbons (Fsp3) is 1.00. The number of nitrogens with two attached hydrogens (primary N) is 1. The molecule has 0 aromatic rings. The summed E-state index contributed by atoms with van der Waals surface area (Å²) >= 11 is 0. The Morgan fingerprint density at radius 3 is 2.72 bits per heavy atom. The van der Waals surface area contributed by atoms with Crippen LogP contribution in [-0.4, -0.2) is 30.1 Å². The smallest absolute Gasteiger partial charge is 0.0249 e. The Morgan fingerprint density at radius 2 is 1.94 bits per heavy atom. The minimum Gasteiger partial charge on any atom is -0.326 e. The Morgan fingerprint density at radius 1 is 1.11 bits per heavy atom. The Hall–Kier alpha value is -0.0800. The molecule has 2 fully saturated rings. The van der Waals surface area contributed by atoms with Crippen LogP contribution in [-0.2, 0) is 0 Å². The minimum atomic E-state index is 0.437. The van der Waals surface area contributed by atoms with Crippen LogP contribution in [0.25, 0.3) is 0 Å². The van der Waals surface area contributed by atoms with Crippen LogP contribution in [0.1, 0.15) is 65.2 Å². The third kappa shape index (κ3) is 3.71. The van der Waals surface area contributed by atoms with Crippen molar-refractivity contribution in [2.75, 3.05) is 13.1 Å². The summed E-state index contributed by atoms with van der Waals surface area (Å²) in [7, 11) is 0. The summed E-state index contributed by atoms with van der Waals surface area (Å²) in [5, 5.41) is 0. The van der Waals surface area contributed by atoms with E-state index in [1.807, 2.05) is 0 Å². The summed E-state index contributed by atoms with van der Waals surface area (Å²) in [5.74, 6) is 1.86. The predicted molar refractivity (Wildman–Crippen MR) is 78.6 cm³/mol. The van der Waals surface area contributed by atoms with Crippen molar-refractivity contribution >= 4 is 0 Å². The van der Waals surface area contributed by atoms with Gasteiger partial charge in [0.05, 0.1) is 0 Å². The van der Waals surface area contributed by atoms with Crippen molar-refractivity contribution in [3.8, 4) is 0 Å². The number of hydrogen-bond acceptors (Lipinski definition) is 2. The standard InChI is InChI=1S/C16H32N2/c1-3-5-14-7-8-15(17)16(12-14)18-10-4-6-13(2)9-11-18/h13-16H,3-12,17H2,1-2H3. The van der Waals surface area contributed by atoms with Gasteiger partial charge in [0.15, 0.2) is 0 Å². The van der Waals surface area contributed by atoms with E-state index >= 15 is 0 Å². The molecule has 2 aliphatic rings. The summed E-state index contributed by atoms with van der Waals surface area (Å²) < 4.78 is 0. The van der Waals surface area contributed by atoms with Gasteiger partial charge in [-0.15, -0.1) is 0 Å². The van der Waals surface area contributed by atoms with E-state index in [4.69, 9.17) is 5.73 Å². The summed E-state index contributed by atoms with van der Waals surface area (Å²) in [6.07, 6.45) is 10.9. The van der Waals surface area contributed by atoms with E-state index in [0.717, 1.165) is 11.8 Å². The third-order valence-electron chi connectivity index (χ3n) is 5.19. The first-order valence-corrected chi connectivity index (χ1v) is 8.20. The number of nitrogens with zero attached hydrogens (tertiary/aromatic N) is 1. The molecule has 0 spiro atoms. The van der Waals surface area contributed by atoms with Crippen molar-refractivity contribution in [3.05, 3.63) is 0 Å². The van der Waals surface area contributed by atoms with Gasteiger partial charge in [-0.25, -0.2) is 0 Å². The van der Waals surface area contributed by atoms with Gasteiger partial charge in [-0.2, -0.15) is 0 Å². The highest BCUT2D eigenvalue weighted by Gasteiger charge is 2.32. The lowest BCUT2D eigenvalue weighted by Gasteiger charge is -2.41. The highest BCUT2D eigenvalue weighted by molar-refractivity contribution is 4.90. The maximum absolute atomic E-state index is 6.41. The molecule has 0 amide bonds. The van der Waals surface area contributed by atoms with Crippen LogP contribution < -0.4 is 5.73 Å². The van der Waals surface area contributed by atoms with Gasteiger partial charge in [0, 0.05) is 12.1 Å². The largest absolute Gasteiger partial charge is 0.326 e. The molecule has 2 heteroatoms. The zero-order valence-electron chi connectivity index (χ0n) is 12.4. The predicted octanol–water partition coefficient (Wildman–Crippen LogP) is 3.40. The molecular weight excluding hydrogens is 220 g/mol. The third-order valence-corrected chi connectivity index (χ3v) is 5.19. The van der Waals surface area contributed by atoms with Crippen molar-refractivity contribution in [2.45, 2.75) is 77.3 Å². The maximum Gasteiger partial charge on any atom is 0.0249 e. The molecule has 0 bridgehead atoms. The zero-order chi connectivity index (χ0) is 13.0. The first-order chi connectivity index (χ1) is 8.70. The van der Waals surface area contributed by atoms with E-state index in [-0.39, 0.29) is 0 Å². The summed E-state index contributed by atoms with van der Waals surface area (Å²) in [6.45, 7) is 7.31. The van der Waals surface area contributed by atoms with Crippen molar-refractivity contribution in [1.29, 1.82) is 0 Å². The Labute approximate surface area is 113 Å². The molecule has 1 aliphatic carbocycles. The van der Waals surface area contributed by atoms with E-state index in [0.29, 0.717) is 12.1 Å². The quantitative estimate of drug-likeness (QED) is 0.834. The lowest BCUT2D eigenvalue weighted by atomic mass is 9.80.